The number of carbonyl (C=O) groups is 1. The molecule has 0 unspecified atom stereocenters. The van der Waals surface area contributed by atoms with Crippen LogP contribution in [0.3, 0.4) is 0 Å². The van der Waals surface area contributed by atoms with Crippen molar-refractivity contribution < 1.29 is 4.79 Å². The Kier molecular flexibility index (Phi) is 3.38. The van der Waals surface area contributed by atoms with E-state index in [1.54, 1.807) is 22.6 Å². The third-order valence-electron chi connectivity index (χ3n) is 2.23. The molecule has 0 radical (unpaired) electrons. The van der Waals surface area contributed by atoms with Crippen LogP contribution in [0.25, 0.3) is 0 Å². The molecule has 2 heterocycles. The Morgan fingerprint density at radius 1 is 1.65 bits per heavy atom. The predicted molar refractivity (Wildman–Crippen MR) is 65.8 cm³/mol. The Labute approximate surface area is 102 Å². The summed E-state index contributed by atoms with van der Waals surface area (Å²) in [6, 6.07) is 0. The van der Waals surface area contributed by atoms with E-state index in [1.165, 1.54) is 11.3 Å². The summed E-state index contributed by atoms with van der Waals surface area (Å²) in [5.41, 5.74) is 8.58. The van der Waals surface area contributed by atoms with Gasteiger partial charge in [-0.05, 0) is 6.92 Å². The summed E-state index contributed by atoms with van der Waals surface area (Å²) in [7, 11) is 0. The van der Waals surface area contributed by atoms with Crippen molar-refractivity contribution in [3.8, 4) is 0 Å². The maximum atomic E-state index is 11.7. The summed E-state index contributed by atoms with van der Waals surface area (Å²) in [4.78, 5) is 16.4. The van der Waals surface area contributed by atoms with E-state index in [-0.39, 0.29) is 5.91 Å². The average Bonchev–Trinajstić information content (AvgIpc) is 2.87. The number of nitrogens with zero attached hydrogens (tertiary/aromatic N) is 3. The largest absolute Gasteiger partial charge is 0.396 e. The lowest BCUT2D eigenvalue weighted by molar-refractivity contribution is 0.0955. The van der Waals surface area contributed by atoms with E-state index >= 15 is 0 Å². The molecule has 0 atom stereocenters. The van der Waals surface area contributed by atoms with Crippen molar-refractivity contribution in [1.82, 2.24) is 20.1 Å². The van der Waals surface area contributed by atoms with Crippen LogP contribution in [0.2, 0.25) is 0 Å². The summed E-state index contributed by atoms with van der Waals surface area (Å²) in [5.74, 6) is -0.0925. The minimum atomic E-state index is -0.0925. The first-order chi connectivity index (χ1) is 8.16. The van der Waals surface area contributed by atoms with E-state index in [9.17, 15) is 4.79 Å². The topological polar surface area (TPSA) is 85.8 Å². The zero-order valence-electron chi connectivity index (χ0n) is 9.38. The summed E-state index contributed by atoms with van der Waals surface area (Å²) in [6.07, 6.45) is 3.30. The standard InChI is InChI=1S/C10H13N5OS/c1-7-9(17-6-13-7)10(16)12-2-3-15-5-8(11)4-14-15/h4-6H,2-3,11H2,1H3,(H,12,16). The number of thiazole rings is 1. The van der Waals surface area contributed by atoms with Gasteiger partial charge in [-0.2, -0.15) is 5.10 Å². The Balaban J connectivity index is 1.83. The van der Waals surface area contributed by atoms with Crippen LogP contribution in [0, 0.1) is 6.92 Å². The molecule has 17 heavy (non-hydrogen) atoms. The SMILES string of the molecule is Cc1ncsc1C(=O)NCCn1cc(N)cn1. The van der Waals surface area contributed by atoms with Crippen molar-refractivity contribution in [3.63, 3.8) is 0 Å². The minimum absolute atomic E-state index is 0.0925. The van der Waals surface area contributed by atoms with Gasteiger partial charge in [0.15, 0.2) is 0 Å². The van der Waals surface area contributed by atoms with Gasteiger partial charge in [-0.25, -0.2) is 4.98 Å². The molecule has 6 nitrogen and oxygen atoms in total. The molecule has 0 aliphatic carbocycles. The fourth-order valence-electron chi connectivity index (χ4n) is 1.39. The highest BCUT2D eigenvalue weighted by atomic mass is 32.1. The molecule has 0 fully saturated rings. The smallest absolute Gasteiger partial charge is 0.263 e. The molecule has 0 aliphatic rings. The second kappa shape index (κ2) is 4.96. The second-order valence-corrected chi connectivity index (χ2v) is 4.41. The van der Waals surface area contributed by atoms with E-state index in [2.05, 4.69) is 15.4 Å². The molecule has 0 aliphatic heterocycles. The number of hydrogen-bond donors (Lipinski definition) is 2. The fourth-order valence-corrected chi connectivity index (χ4v) is 2.10. The van der Waals surface area contributed by atoms with Gasteiger partial charge in [0.2, 0.25) is 0 Å². The molecule has 0 spiro atoms. The van der Waals surface area contributed by atoms with Crippen molar-refractivity contribution >= 4 is 22.9 Å². The molecule has 0 saturated heterocycles. The van der Waals surface area contributed by atoms with E-state index in [4.69, 9.17) is 5.73 Å². The first-order valence-corrected chi connectivity index (χ1v) is 6.01. The Morgan fingerprint density at radius 3 is 3.06 bits per heavy atom. The lowest BCUT2D eigenvalue weighted by atomic mass is 10.4. The van der Waals surface area contributed by atoms with Gasteiger partial charge < -0.3 is 11.1 Å². The number of hydrogen-bond acceptors (Lipinski definition) is 5. The highest BCUT2D eigenvalue weighted by Crippen LogP contribution is 2.11. The molecular weight excluding hydrogens is 238 g/mol. The number of amides is 1. The molecule has 7 heteroatoms. The van der Waals surface area contributed by atoms with Crippen LogP contribution in [0.5, 0.6) is 0 Å². The molecule has 2 aromatic heterocycles. The third kappa shape index (κ3) is 2.82. The quantitative estimate of drug-likeness (QED) is 0.836. The number of anilines is 1. The maximum absolute atomic E-state index is 11.7. The lowest BCUT2D eigenvalue weighted by Crippen LogP contribution is -2.27. The van der Waals surface area contributed by atoms with Gasteiger partial charge in [0.25, 0.3) is 5.91 Å². The monoisotopic (exact) mass is 251 g/mol. The zero-order valence-corrected chi connectivity index (χ0v) is 10.2. The molecule has 1 amide bonds. The van der Waals surface area contributed by atoms with E-state index in [1.807, 2.05) is 6.92 Å². The molecule has 2 rings (SSSR count). The number of aryl methyl sites for hydroxylation is 1. The number of nitrogens with one attached hydrogen (secondary N) is 1. The van der Waals surface area contributed by atoms with Gasteiger partial charge in [0, 0.05) is 12.7 Å². The van der Waals surface area contributed by atoms with E-state index < -0.39 is 0 Å². The van der Waals surface area contributed by atoms with Crippen LogP contribution in [-0.2, 0) is 6.54 Å². The van der Waals surface area contributed by atoms with Crippen molar-refractivity contribution in [3.05, 3.63) is 28.5 Å². The van der Waals surface area contributed by atoms with E-state index in [0.717, 1.165) is 5.69 Å². The summed E-state index contributed by atoms with van der Waals surface area (Å²) >= 11 is 1.34. The van der Waals surface area contributed by atoms with Crippen LogP contribution < -0.4 is 11.1 Å². The molecule has 0 bridgehead atoms. The molecule has 0 saturated carbocycles. The molecule has 2 aromatic rings. The first-order valence-electron chi connectivity index (χ1n) is 5.13. The molecule has 0 aromatic carbocycles. The number of rotatable bonds is 4. The predicted octanol–water partition coefficient (Wildman–Crippen LogP) is 0.660. The van der Waals surface area contributed by atoms with Crippen molar-refractivity contribution in [2.45, 2.75) is 13.5 Å². The zero-order chi connectivity index (χ0) is 12.3. The Hall–Kier alpha value is -1.89. The molecule has 3 N–H and O–H groups in total. The normalized spacial score (nSPS) is 10.4. The van der Waals surface area contributed by atoms with Gasteiger partial charge in [0.05, 0.1) is 29.6 Å². The third-order valence-corrected chi connectivity index (χ3v) is 3.16. The number of nitrogen functional groups attached to an aromatic ring is 1. The van der Waals surface area contributed by atoms with E-state index in [0.29, 0.717) is 23.7 Å². The summed E-state index contributed by atoms with van der Waals surface area (Å²) in [6.45, 7) is 2.93. The van der Waals surface area contributed by atoms with Gasteiger partial charge in [0.1, 0.15) is 4.88 Å². The maximum Gasteiger partial charge on any atom is 0.263 e. The van der Waals surface area contributed by atoms with Gasteiger partial charge in [-0.15, -0.1) is 11.3 Å². The second-order valence-electron chi connectivity index (χ2n) is 3.56. The van der Waals surface area contributed by atoms with Crippen molar-refractivity contribution in [1.29, 1.82) is 0 Å². The highest BCUT2D eigenvalue weighted by Gasteiger charge is 2.10. The van der Waals surface area contributed by atoms with Crippen LogP contribution in [0.4, 0.5) is 5.69 Å². The van der Waals surface area contributed by atoms with Gasteiger partial charge >= 0.3 is 0 Å². The Bertz CT molecular complexity index is 518. The summed E-state index contributed by atoms with van der Waals surface area (Å²) in [5, 5.41) is 6.84. The van der Waals surface area contributed by atoms with Crippen LogP contribution in [0.15, 0.2) is 17.9 Å². The molecular formula is C10H13N5OS. The van der Waals surface area contributed by atoms with Crippen LogP contribution >= 0.6 is 11.3 Å². The fraction of sp³-hybridized carbons (Fsp3) is 0.300. The van der Waals surface area contributed by atoms with Crippen LogP contribution in [0.1, 0.15) is 15.4 Å². The first kappa shape index (κ1) is 11.6. The van der Waals surface area contributed by atoms with Gasteiger partial charge in [-0.3, -0.25) is 9.48 Å². The highest BCUT2D eigenvalue weighted by molar-refractivity contribution is 7.11. The van der Waals surface area contributed by atoms with Crippen molar-refractivity contribution in [2.24, 2.45) is 0 Å². The van der Waals surface area contributed by atoms with Crippen LogP contribution in [-0.4, -0.2) is 27.2 Å². The Morgan fingerprint density at radius 2 is 2.47 bits per heavy atom. The van der Waals surface area contributed by atoms with Gasteiger partial charge in [-0.1, -0.05) is 0 Å². The minimum Gasteiger partial charge on any atom is -0.396 e. The van der Waals surface area contributed by atoms with Crippen molar-refractivity contribution in [2.75, 3.05) is 12.3 Å². The summed E-state index contributed by atoms with van der Waals surface area (Å²) < 4.78 is 1.69. The number of nitrogens with two attached hydrogens (primary N) is 1. The lowest BCUT2D eigenvalue weighted by Gasteiger charge is -2.04. The average molecular weight is 251 g/mol. The number of aromatic nitrogens is 3. The molecule has 90 valence electrons. The number of carbonyl (C=O) groups excluding carboxylic acids is 1.